The SMILES string of the molecule is O=C(c1ccccn1)c1nccc2ccccc12. The molecule has 0 amide bonds. The third kappa shape index (κ3) is 1.76. The van der Waals surface area contributed by atoms with Crippen LogP contribution in [-0.4, -0.2) is 15.8 Å². The Morgan fingerprint density at radius 2 is 1.67 bits per heavy atom. The van der Waals surface area contributed by atoms with Crippen LogP contribution in [-0.2, 0) is 0 Å². The lowest BCUT2D eigenvalue weighted by atomic mass is 10.1. The van der Waals surface area contributed by atoms with Crippen molar-refractivity contribution in [3.05, 3.63) is 72.3 Å². The van der Waals surface area contributed by atoms with E-state index in [1.165, 1.54) is 0 Å². The molecule has 2 aromatic heterocycles. The minimum Gasteiger partial charge on any atom is -0.285 e. The van der Waals surface area contributed by atoms with Crippen molar-refractivity contribution in [1.29, 1.82) is 0 Å². The summed E-state index contributed by atoms with van der Waals surface area (Å²) in [5.41, 5.74) is 0.869. The second kappa shape index (κ2) is 4.37. The molecule has 0 aliphatic heterocycles. The fourth-order valence-electron chi connectivity index (χ4n) is 1.92. The van der Waals surface area contributed by atoms with E-state index in [-0.39, 0.29) is 5.78 Å². The number of hydrogen-bond donors (Lipinski definition) is 0. The van der Waals surface area contributed by atoms with Gasteiger partial charge in [-0.15, -0.1) is 0 Å². The van der Waals surface area contributed by atoms with Crippen LogP contribution in [0, 0.1) is 0 Å². The molecule has 3 rings (SSSR count). The lowest BCUT2D eigenvalue weighted by molar-refractivity contribution is 0.103. The summed E-state index contributed by atoms with van der Waals surface area (Å²) < 4.78 is 0. The molecule has 0 spiro atoms. The van der Waals surface area contributed by atoms with Gasteiger partial charge in [0.15, 0.2) is 0 Å². The summed E-state index contributed by atoms with van der Waals surface area (Å²) in [7, 11) is 0. The maximum absolute atomic E-state index is 12.3. The van der Waals surface area contributed by atoms with E-state index in [0.717, 1.165) is 10.8 Å². The molecule has 3 nitrogen and oxygen atoms in total. The van der Waals surface area contributed by atoms with E-state index in [0.29, 0.717) is 11.4 Å². The Bertz CT molecular complexity index is 703. The van der Waals surface area contributed by atoms with Crippen molar-refractivity contribution in [3.63, 3.8) is 0 Å². The first-order valence-corrected chi connectivity index (χ1v) is 5.66. The van der Waals surface area contributed by atoms with Gasteiger partial charge in [-0.1, -0.05) is 30.3 Å². The summed E-state index contributed by atoms with van der Waals surface area (Å²) in [6, 6.07) is 14.9. The molecule has 0 saturated heterocycles. The molecule has 0 radical (unpaired) electrons. The van der Waals surface area contributed by atoms with Crippen molar-refractivity contribution in [2.45, 2.75) is 0 Å². The van der Waals surface area contributed by atoms with Gasteiger partial charge >= 0.3 is 0 Å². The summed E-state index contributed by atoms with van der Waals surface area (Å²) in [6.45, 7) is 0. The van der Waals surface area contributed by atoms with Crippen LogP contribution < -0.4 is 0 Å². The summed E-state index contributed by atoms with van der Waals surface area (Å²) in [5, 5.41) is 1.86. The molecule has 3 aromatic rings. The monoisotopic (exact) mass is 234 g/mol. The summed E-state index contributed by atoms with van der Waals surface area (Å²) in [6.07, 6.45) is 3.26. The highest BCUT2D eigenvalue weighted by molar-refractivity contribution is 6.13. The van der Waals surface area contributed by atoms with Crippen LogP contribution in [0.15, 0.2) is 60.9 Å². The number of hydrogen-bond acceptors (Lipinski definition) is 3. The third-order valence-electron chi connectivity index (χ3n) is 2.79. The van der Waals surface area contributed by atoms with E-state index in [2.05, 4.69) is 9.97 Å². The number of rotatable bonds is 2. The number of fused-ring (bicyclic) bond motifs is 1. The third-order valence-corrected chi connectivity index (χ3v) is 2.79. The predicted molar refractivity (Wildman–Crippen MR) is 69.4 cm³/mol. The second-order valence-corrected chi connectivity index (χ2v) is 3.92. The summed E-state index contributed by atoms with van der Waals surface area (Å²) in [5.74, 6) is -0.146. The molecule has 3 heteroatoms. The topological polar surface area (TPSA) is 42.9 Å². The van der Waals surface area contributed by atoms with E-state index >= 15 is 0 Å². The zero-order valence-corrected chi connectivity index (χ0v) is 9.58. The molecule has 0 fully saturated rings. The molecule has 0 aliphatic carbocycles. The maximum Gasteiger partial charge on any atom is 0.230 e. The van der Waals surface area contributed by atoms with Crippen LogP contribution in [0.3, 0.4) is 0 Å². The van der Waals surface area contributed by atoms with Gasteiger partial charge in [-0.2, -0.15) is 0 Å². The van der Waals surface area contributed by atoms with Gasteiger partial charge in [0.05, 0.1) is 0 Å². The van der Waals surface area contributed by atoms with E-state index in [4.69, 9.17) is 0 Å². The number of aromatic nitrogens is 2. The van der Waals surface area contributed by atoms with Crippen LogP contribution in [0.1, 0.15) is 16.2 Å². The smallest absolute Gasteiger partial charge is 0.230 e. The minimum atomic E-state index is -0.146. The molecular weight excluding hydrogens is 224 g/mol. The first kappa shape index (κ1) is 10.6. The van der Waals surface area contributed by atoms with Crippen LogP contribution in [0.25, 0.3) is 10.8 Å². The average molecular weight is 234 g/mol. The number of nitrogens with zero attached hydrogens (tertiary/aromatic N) is 2. The van der Waals surface area contributed by atoms with Gasteiger partial charge < -0.3 is 0 Å². The molecule has 0 N–H and O–H groups in total. The maximum atomic E-state index is 12.3. The first-order chi connectivity index (χ1) is 8.86. The highest BCUT2D eigenvalue weighted by atomic mass is 16.1. The Morgan fingerprint density at radius 3 is 2.50 bits per heavy atom. The van der Waals surface area contributed by atoms with Crippen molar-refractivity contribution >= 4 is 16.6 Å². The number of ketones is 1. The van der Waals surface area contributed by atoms with E-state index in [9.17, 15) is 4.79 Å². The van der Waals surface area contributed by atoms with Crippen molar-refractivity contribution in [1.82, 2.24) is 9.97 Å². The number of pyridine rings is 2. The van der Waals surface area contributed by atoms with Crippen molar-refractivity contribution < 1.29 is 4.79 Å². The first-order valence-electron chi connectivity index (χ1n) is 5.66. The number of benzene rings is 1. The van der Waals surface area contributed by atoms with Crippen molar-refractivity contribution in [2.24, 2.45) is 0 Å². The standard InChI is InChI=1S/C15H10N2O/c18-15(13-7-3-4-9-16-13)14-12-6-2-1-5-11(12)8-10-17-14/h1-10H. The van der Waals surface area contributed by atoms with Gasteiger partial charge in [0, 0.05) is 17.8 Å². The van der Waals surface area contributed by atoms with Gasteiger partial charge in [0.2, 0.25) is 5.78 Å². The molecular formula is C15H10N2O. The summed E-state index contributed by atoms with van der Waals surface area (Å²) in [4.78, 5) is 20.6. The second-order valence-electron chi connectivity index (χ2n) is 3.92. The Morgan fingerprint density at radius 1 is 0.833 bits per heavy atom. The predicted octanol–water partition coefficient (Wildman–Crippen LogP) is 2.86. The molecule has 0 atom stereocenters. The molecule has 0 bridgehead atoms. The zero-order valence-electron chi connectivity index (χ0n) is 9.58. The Kier molecular flexibility index (Phi) is 2.57. The average Bonchev–Trinajstić information content (AvgIpc) is 2.47. The molecule has 2 heterocycles. The lowest BCUT2D eigenvalue weighted by Gasteiger charge is -2.03. The fourth-order valence-corrected chi connectivity index (χ4v) is 1.92. The molecule has 0 saturated carbocycles. The number of carbonyl (C=O) groups is 1. The zero-order chi connectivity index (χ0) is 12.4. The Labute approximate surface area is 104 Å². The van der Waals surface area contributed by atoms with E-state index < -0.39 is 0 Å². The molecule has 18 heavy (non-hydrogen) atoms. The Hall–Kier alpha value is -2.55. The highest BCUT2D eigenvalue weighted by Gasteiger charge is 2.14. The van der Waals surface area contributed by atoms with Crippen LogP contribution in [0.4, 0.5) is 0 Å². The van der Waals surface area contributed by atoms with Crippen molar-refractivity contribution in [2.75, 3.05) is 0 Å². The molecule has 0 aliphatic rings. The molecule has 86 valence electrons. The molecule has 1 aromatic carbocycles. The minimum absolute atomic E-state index is 0.146. The summed E-state index contributed by atoms with van der Waals surface area (Å²) >= 11 is 0. The van der Waals surface area contributed by atoms with E-state index in [1.807, 2.05) is 30.3 Å². The van der Waals surface area contributed by atoms with Gasteiger partial charge in [-0.05, 0) is 23.6 Å². The van der Waals surface area contributed by atoms with Crippen molar-refractivity contribution in [3.8, 4) is 0 Å². The van der Waals surface area contributed by atoms with Gasteiger partial charge in [-0.3, -0.25) is 14.8 Å². The molecule has 0 unspecified atom stereocenters. The van der Waals surface area contributed by atoms with Crippen LogP contribution in [0.5, 0.6) is 0 Å². The van der Waals surface area contributed by atoms with Crippen LogP contribution in [0.2, 0.25) is 0 Å². The van der Waals surface area contributed by atoms with Gasteiger partial charge in [0.25, 0.3) is 0 Å². The normalized spacial score (nSPS) is 10.4. The quantitative estimate of drug-likeness (QED) is 0.640. The fraction of sp³-hybridized carbons (Fsp3) is 0. The number of carbonyl (C=O) groups excluding carboxylic acids is 1. The highest BCUT2D eigenvalue weighted by Crippen LogP contribution is 2.18. The van der Waals surface area contributed by atoms with Gasteiger partial charge in [-0.25, -0.2) is 0 Å². The van der Waals surface area contributed by atoms with Gasteiger partial charge in [0.1, 0.15) is 11.4 Å². The largest absolute Gasteiger partial charge is 0.285 e. The Balaban J connectivity index is 2.18. The van der Waals surface area contributed by atoms with E-state index in [1.54, 1.807) is 30.6 Å². The lowest BCUT2D eigenvalue weighted by Crippen LogP contribution is -2.06. The van der Waals surface area contributed by atoms with Crippen LogP contribution >= 0.6 is 0 Å².